The lowest BCUT2D eigenvalue weighted by molar-refractivity contribution is -0.151. The number of carbonyl (C=O) groups is 1. The van der Waals surface area contributed by atoms with E-state index >= 15 is 0 Å². The van der Waals surface area contributed by atoms with Crippen molar-refractivity contribution in [3.05, 3.63) is 0 Å². The zero-order valence-electron chi connectivity index (χ0n) is 12.6. The van der Waals surface area contributed by atoms with E-state index in [9.17, 15) is 9.90 Å². The minimum Gasteiger partial charge on any atom is -0.466 e. The first kappa shape index (κ1) is 15.7. The number of hydrogen-bond donors (Lipinski definition) is 2. The summed E-state index contributed by atoms with van der Waals surface area (Å²) in [6.45, 7) is 2.88. The van der Waals surface area contributed by atoms with Crippen LogP contribution in [0, 0.1) is 5.92 Å². The molecule has 2 fully saturated rings. The van der Waals surface area contributed by atoms with Gasteiger partial charge in [0.1, 0.15) is 0 Å². The van der Waals surface area contributed by atoms with Gasteiger partial charge in [-0.2, -0.15) is 0 Å². The van der Waals surface area contributed by atoms with E-state index in [1.807, 2.05) is 6.92 Å². The number of ether oxygens (including phenoxy) is 2. The Labute approximate surface area is 121 Å². The highest BCUT2D eigenvalue weighted by Gasteiger charge is 2.38. The summed E-state index contributed by atoms with van der Waals surface area (Å²) < 4.78 is 10.3. The van der Waals surface area contributed by atoms with E-state index in [2.05, 4.69) is 5.32 Å². The Morgan fingerprint density at radius 3 is 2.55 bits per heavy atom. The summed E-state index contributed by atoms with van der Waals surface area (Å²) in [5.74, 6) is -0.138. The van der Waals surface area contributed by atoms with Gasteiger partial charge < -0.3 is 19.9 Å². The van der Waals surface area contributed by atoms with Gasteiger partial charge in [-0.05, 0) is 45.4 Å². The van der Waals surface area contributed by atoms with E-state index in [-0.39, 0.29) is 11.9 Å². The first-order valence-electron chi connectivity index (χ1n) is 7.71. The maximum absolute atomic E-state index is 11.7. The van der Waals surface area contributed by atoms with E-state index in [1.54, 1.807) is 7.11 Å². The van der Waals surface area contributed by atoms with Gasteiger partial charge in [-0.25, -0.2) is 0 Å². The van der Waals surface area contributed by atoms with Crippen molar-refractivity contribution in [2.24, 2.45) is 5.92 Å². The zero-order valence-corrected chi connectivity index (χ0v) is 12.6. The predicted molar refractivity (Wildman–Crippen MR) is 75.4 cm³/mol. The van der Waals surface area contributed by atoms with Gasteiger partial charge in [0.2, 0.25) is 0 Å². The Morgan fingerprint density at radius 1 is 1.35 bits per heavy atom. The van der Waals surface area contributed by atoms with Crippen LogP contribution in [0.15, 0.2) is 0 Å². The third-order valence-corrected chi connectivity index (χ3v) is 4.68. The Hall–Kier alpha value is -0.650. The minimum atomic E-state index is -0.666. The molecule has 0 heterocycles. The lowest BCUT2D eigenvalue weighted by Gasteiger charge is -2.40. The van der Waals surface area contributed by atoms with E-state index in [4.69, 9.17) is 9.47 Å². The van der Waals surface area contributed by atoms with Crippen LogP contribution >= 0.6 is 0 Å². The fraction of sp³-hybridized carbons (Fsp3) is 0.933. The maximum atomic E-state index is 11.7. The molecule has 2 aliphatic rings. The lowest BCUT2D eigenvalue weighted by Crippen LogP contribution is -2.52. The second kappa shape index (κ2) is 6.87. The molecule has 0 amide bonds. The molecular weight excluding hydrogens is 258 g/mol. The average molecular weight is 285 g/mol. The number of esters is 1. The van der Waals surface area contributed by atoms with Crippen LogP contribution in [0.5, 0.6) is 0 Å². The topological polar surface area (TPSA) is 67.8 Å². The Balaban J connectivity index is 1.67. The number of aliphatic hydroxyl groups is 1. The van der Waals surface area contributed by atoms with Crippen molar-refractivity contribution >= 4 is 5.97 Å². The highest BCUT2D eigenvalue weighted by molar-refractivity contribution is 5.72. The Bertz CT molecular complexity index is 320. The highest BCUT2D eigenvalue weighted by Crippen LogP contribution is 2.33. The third-order valence-electron chi connectivity index (χ3n) is 4.68. The van der Waals surface area contributed by atoms with E-state index in [0.29, 0.717) is 38.1 Å². The Kier molecular flexibility index (Phi) is 5.41. The van der Waals surface area contributed by atoms with Crippen LogP contribution in [-0.2, 0) is 14.3 Å². The van der Waals surface area contributed by atoms with Crippen molar-refractivity contribution in [3.63, 3.8) is 0 Å². The molecular formula is C15H27NO4. The summed E-state index contributed by atoms with van der Waals surface area (Å²) in [6.07, 6.45) is 5.22. The van der Waals surface area contributed by atoms with Crippen molar-refractivity contribution in [2.45, 2.75) is 63.2 Å². The molecule has 0 aromatic rings. The second-order valence-corrected chi connectivity index (χ2v) is 6.16. The first-order valence-corrected chi connectivity index (χ1v) is 7.71. The van der Waals surface area contributed by atoms with Crippen LogP contribution in [0.25, 0.3) is 0 Å². The molecule has 116 valence electrons. The van der Waals surface area contributed by atoms with Crippen LogP contribution in [0.4, 0.5) is 0 Å². The molecule has 2 saturated carbocycles. The summed E-state index contributed by atoms with van der Waals surface area (Å²) >= 11 is 0. The van der Waals surface area contributed by atoms with Crippen LogP contribution in [0.3, 0.4) is 0 Å². The molecule has 0 radical (unpaired) electrons. The molecule has 2 rings (SSSR count). The predicted octanol–water partition coefficient (Wildman–Crippen LogP) is 1.24. The molecule has 0 spiro atoms. The highest BCUT2D eigenvalue weighted by atomic mass is 16.5. The van der Waals surface area contributed by atoms with Gasteiger partial charge in [0.25, 0.3) is 0 Å². The van der Waals surface area contributed by atoms with Crippen molar-refractivity contribution in [2.75, 3.05) is 20.3 Å². The van der Waals surface area contributed by atoms with Gasteiger partial charge in [-0.1, -0.05) is 0 Å². The molecule has 20 heavy (non-hydrogen) atoms. The van der Waals surface area contributed by atoms with Gasteiger partial charge in [0.05, 0.1) is 24.2 Å². The number of methoxy groups -OCH3 is 1. The monoisotopic (exact) mass is 285 g/mol. The standard InChI is InChI=1S/C15H27NO4/c1-3-20-14(17)11-4-6-15(18,7-5-11)10-16-12-8-13(9-12)19-2/h11-13,16,18H,3-10H2,1-2H3. The summed E-state index contributed by atoms with van der Waals surface area (Å²) in [6, 6.07) is 0.465. The number of carbonyl (C=O) groups excluding carboxylic acids is 1. The van der Waals surface area contributed by atoms with Crippen molar-refractivity contribution < 1.29 is 19.4 Å². The molecule has 0 unspecified atom stereocenters. The van der Waals surface area contributed by atoms with Crippen molar-refractivity contribution in [3.8, 4) is 0 Å². The largest absolute Gasteiger partial charge is 0.466 e. The fourth-order valence-electron chi connectivity index (χ4n) is 3.09. The summed E-state index contributed by atoms with van der Waals surface area (Å²) in [5.41, 5.74) is -0.666. The SMILES string of the molecule is CCOC(=O)C1CCC(O)(CNC2CC(OC)C2)CC1. The summed E-state index contributed by atoms with van der Waals surface area (Å²) in [5, 5.41) is 14.0. The van der Waals surface area contributed by atoms with Gasteiger partial charge in [-0.3, -0.25) is 4.79 Å². The quantitative estimate of drug-likeness (QED) is 0.719. The normalized spacial score (nSPS) is 37.2. The number of hydrogen-bond acceptors (Lipinski definition) is 5. The van der Waals surface area contributed by atoms with Crippen molar-refractivity contribution in [1.82, 2.24) is 5.32 Å². The number of rotatable bonds is 6. The summed E-state index contributed by atoms with van der Waals surface area (Å²) in [4.78, 5) is 11.7. The minimum absolute atomic E-state index is 0.0307. The second-order valence-electron chi connectivity index (χ2n) is 6.16. The number of nitrogens with one attached hydrogen (secondary N) is 1. The molecule has 0 aliphatic heterocycles. The van der Waals surface area contributed by atoms with E-state index in [0.717, 1.165) is 25.7 Å². The first-order chi connectivity index (χ1) is 9.56. The van der Waals surface area contributed by atoms with E-state index < -0.39 is 5.60 Å². The molecule has 0 saturated heterocycles. The molecule has 0 bridgehead atoms. The van der Waals surface area contributed by atoms with Crippen LogP contribution < -0.4 is 5.32 Å². The van der Waals surface area contributed by atoms with Gasteiger partial charge in [0.15, 0.2) is 0 Å². The zero-order chi connectivity index (χ0) is 14.6. The molecule has 2 aliphatic carbocycles. The summed E-state index contributed by atoms with van der Waals surface area (Å²) in [7, 11) is 1.74. The van der Waals surface area contributed by atoms with Crippen LogP contribution in [0.2, 0.25) is 0 Å². The molecule has 5 heteroatoms. The fourth-order valence-corrected chi connectivity index (χ4v) is 3.09. The van der Waals surface area contributed by atoms with Gasteiger partial charge in [0, 0.05) is 19.7 Å². The molecule has 0 atom stereocenters. The lowest BCUT2D eigenvalue weighted by atomic mass is 9.78. The van der Waals surface area contributed by atoms with Gasteiger partial charge >= 0.3 is 5.97 Å². The average Bonchev–Trinajstić information content (AvgIpc) is 2.38. The van der Waals surface area contributed by atoms with Crippen molar-refractivity contribution in [1.29, 1.82) is 0 Å². The molecule has 5 nitrogen and oxygen atoms in total. The maximum Gasteiger partial charge on any atom is 0.308 e. The van der Waals surface area contributed by atoms with Gasteiger partial charge in [-0.15, -0.1) is 0 Å². The van der Waals surface area contributed by atoms with Crippen LogP contribution in [-0.4, -0.2) is 49.1 Å². The van der Waals surface area contributed by atoms with E-state index in [1.165, 1.54) is 0 Å². The van der Waals surface area contributed by atoms with Crippen LogP contribution in [0.1, 0.15) is 45.4 Å². The smallest absolute Gasteiger partial charge is 0.308 e. The molecule has 2 N–H and O–H groups in total. The molecule has 0 aromatic heterocycles. The third kappa shape index (κ3) is 3.93. The Morgan fingerprint density at radius 2 is 2.00 bits per heavy atom. The molecule has 0 aromatic carbocycles.